The maximum atomic E-state index is 11.3. The van der Waals surface area contributed by atoms with Crippen molar-refractivity contribution in [2.75, 3.05) is 6.67 Å². The SMILES string of the molecule is C=C(C)CCCF. The highest BCUT2D eigenvalue weighted by atomic mass is 19.1. The molecule has 0 radical (unpaired) electrons. The first kappa shape index (κ1) is 6.67. The molecule has 0 fully saturated rings. The van der Waals surface area contributed by atoms with Gasteiger partial charge in [-0.3, -0.25) is 4.39 Å². The Morgan fingerprint density at radius 3 is 2.43 bits per heavy atom. The zero-order valence-electron chi connectivity index (χ0n) is 4.71. The van der Waals surface area contributed by atoms with E-state index in [1.807, 2.05) is 6.92 Å². The zero-order valence-corrected chi connectivity index (χ0v) is 4.71. The molecule has 1 heteroatoms. The molecule has 0 N–H and O–H groups in total. The first-order valence-corrected chi connectivity index (χ1v) is 2.47. The molecule has 0 aliphatic heterocycles. The van der Waals surface area contributed by atoms with Crippen molar-refractivity contribution in [2.24, 2.45) is 0 Å². The van der Waals surface area contributed by atoms with Crippen LogP contribution in [0.5, 0.6) is 0 Å². The van der Waals surface area contributed by atoms with Gasteiger partial charge < -0.3 is 0 Å². The van der Waals surface area contributed by atoms with Gasteiger partial charge in [-0.05, 0) is 19.8 Å². The van der Waals surface area contributed by atoms with Crippen molar-refractivity contribution in [3.63, 3.8) is 0 Å². The number of hydrogen-bond donors (Lipinski definition) is 0. The van der Waals surface area contributed by atoms with Crippen molar-refractivity contribution >= 4 is 0 Å². The van der Waals surface area contributed by atoms with Gasteiger partial charge in [0.05, 0.1) is 6.67 Å². The van der Waals surface area contributed by atoms with Crippen LogP contribution in [0, 0.1) is 0 Å². The fourth-order valence-electron chi connectivity index (χ4n) is 0.369. The van der Waals surface area contributed by atoms with Crippen LogP contribution in [-0.2, 0) is 0 Å². The Kier molecular flexibility index (Phi) is 3.67. The van der Waals surface area contributed by atoms with Gasteiger partial charge in [0.15, 0.2) is 0 Å². The minimum Gasteiger partial charge on any atom is -0.251 e. The van der Waals surface area contributed by atoms with Gasteiger partial charge in [0.1, 0.15) is 0 Å². The van der Waals surface area contributed by atoms with Gasteiger partial charge in [-0.25, -0.2) is 0 Å². The van der Waals surface area contributed by atoms with E-state index < -0.39 is 0 Å². The predicted octanol–water partition coefficient (Wildman–Crippen LogP) is 2.31. The quantitative estimate of drug-likeness (QED) is 0.480. The van der Waals surface area contributed by atoms with Gasteiger partial charge in [0.2, 0.25) is 0 Å². The van der Waals surface area contributed by atoms with Crippen molar-refractivity contribution in [1.29, 1.82) is 0 Å². The van der Waals surface area contributed by atoms with Crippen molar-refractivity contribution in [1.82, 2.24) is 0 Å². The van der Waals surface area contributed by atoms with Crippen LogP contribution in [0.2, 0.25) is 0 Å². The highest BCUT2D eigenvalue weighted by Gasteiger charge is 1.83. The van der Waals surface area contributed by atoms with Gasteiger partial charge in [0.25, 0.3) is 0 Å². The molecule has 7 heavy (non-hydrogen) atoms. The minimum atomic E-state index is -0.215. The van der Waals surface area contributed by atoms with Crippen LogP contribution in [0.25, 0.3) is 0 Å². The summed E-state index contributed by atoms with van der Waals surface area (Å²) in [7, 11) is 0. The summed E-state index contributed by atoms with van der Waals surface area (Å²) in [6.07, 6.45) is 1.46. The fraction of sp³-hybridized carbons (Fsp3) is 0.667. The minimum absolute atomic E-state index is 0.215. The van der Waals surface area contributed by atoms with Crippen LogP contribution in [0.3, 0.4) is 0 Å². The molecule has 0 amide bonds. The first-order valence-electron chi connectivity index (χ1n) is 2.47. The van der Waals surface area contributed by atoms with E-state index in [-0.39, 0.29) is 6.67 Å². The van der Waals surface area contributed by atoms with Gasteiger partial charge >= 0.3 is 0 Å². The normalized spacial score (nSPS) is 8.86. The third-order valence-corrected chi connectivity index (χ3v) is 0.737. The largest absolute Gasteiger partial charge is 0.251 e. The summed E-state index contributed by atoms with van der Waals surface area (Å²) in [4.78, 5) is 0. The number of rotatable bonds is 3. The average Bonchev–Trinajstić information content (AvgIpc) is 1.61. The average molecular weight is 102 g/mol. The Balaban J connectivity index is 2.82. The molecule has 0 heterocycles. The summed E-state index contributed by atoms with van der Waals surface area (Å²) in [5.74, 6) is 0. The first-order chi connectivity index (χ1) is 3.27. The van der Waals surface area contributed by atoms with E-state index in [4.69, 9.17) is 0 Å². The van der Waals surface area contributed by atoms with Crippen LogP contribution in [-0.4, -0.2) is 6.67 Å². The van der Waals surface area contributed by atoms with Crippen LogP contribution in [0.1, 0.15) is 19.8 Å². The van der Waals surface area contributed by atoms with Crippen molar-refractivity contribution < 1.29 is 4.39 Å². The fourth-order valence-corrected chi connectivity index (χ4v) is 0.369. The monoisotopic (exact) mass is 102 g/mol. The van der Waals surface area contributed by atoms with Crippen LogP contribution >= 0.6 is 0 Å². The Morgan fingerprint density at radius 1 is 1.71 bits per heavy atom. The molecule has 0 saturated heterocycles. The third-order valence-electron chi connectivity index (χ3n) is 0.737. The smallest absolute Gasteiger partial charge is 0.0897 e. The lowest BCUT2D eigenvalue weighted by Crippen LogP contribution is -1.76. The number of hydrogen-bond acceptors (Lipinski definition) is 0. The van der Waals surface area contributed by atoms with Gasteiger partial charge in [-0.1, -0.05) is 5.57 Å². The van der Waals surface area contributed by atoms with E-state index in [1.54, 1.807) is 0 Å². The Labute approximate surface area is 44.0 Å². The van der Waals surface area contributed by atoms with Crippen LogP contribution < -0.4 is 0 Å². The highest BCUT2D eigenvalue weighted by Crippen LogP contribution is 1.98. The molecular weight excluding hydrogens is 91.1 g/mol. The molecular formula is C6H11F. The van der Waals surface area contributed by atoms with E-state index in [9.17, 15) is 4.39 Å². The standard InChI is InChI=1S/C6H11F/c1-6(2)4-3-5-7/h1,3-5H2,2H3. The molecule has 0 aliphatic rings. The van der Waals surface area contributed by atoms with Gasteiger partial charge in [-0.2, -0.15) is 0 Å². The molecule has 0 unspecified atom stereocenters. The maximum Gasteiger partial charge on any atom is 0.0897 e. The lowest BCUT2D eigenvalue weighted by molar-refractivity contribution is 0.472. The summed E-state index contributed by atoms with van der Waals surface area (Å²) in [5.41, 5.74) is 1.07. The summed E-state index contributed by atoms with van der Waals surface area (Å²) in [6, 6.07) is 0. The number of allylic oxidation sites excluding steroid dienone is 1. The zero-order chi connectivity index (χ0) is 5.70. The predicted molar refractivity (Wildman–Crippen MR) is 30.0 cm³/mol. The van der Waals surface area contributed by atoms with E-state index >= 15 is 0 Å². The lowest BCUT2D eigenvalue weighted by Gasteiger charge is -1.90. The second-order valence-corrected chi connectivity index (χ2v) is 1.75. The molecule has 0 aliphatic carbocycles. The number of alkyl halides is 1. The Morgan fingerprint density at radius 2 is 2.29 bits per heavy atom. The Hall–Kier alpha value is -0.330. The maximum absolute atomic E-state index is 11.3. The van der Waals surface area contributed by atoms with E-state index in [1.165, 1.54) is 0 Å². The second-order valence-electron chi connectivity index (χ2n) is 1.75. The summed E-state index contributed by atoms with van der Waals surface area (Å²) in [6.45, 7) is 5.32. The molecule has 0 spiro atoms. The number of halogens is 1. The molecule has 0 bridgehead atoms. The summed E-state index contributed by atoms with van der Waals surface area (Å²) >= 11 is 0. The van der Waals surface area contributed by atoms with Crippen LogP contribution in [0.4, 0.5) is 4.39 Å². The highest BCUT2D eigenvalue weighted by molar-refractivity contribution is 4.86. The second kappa shape index (κ2) is 3.85. The third kappa shape index (κ3) is 5.67. The van der Waals surface area contributed by atoms with Crippen molar-refractivity contribution in [3.05, 3.63) is 12.2 Å². The molecule has 0 aromatic rings. The molecule has 0 atom stereocenters. The Bertz CT molecular complexity index is 57.2. The van der Waals surface area contributed by atoms with Gasteiger partial charge in [0, 0.05) is 0 Å². The summed E-state index contributed by atoms with van der Waals surface area (Å²) in [5, 5.41) is 0. The molecule has 0 aromatic carbocycles. The van der Waals surface area contributed by atoms with E-state index in [0.717, 1.165) is 12.0 Å². The van der Waals surface area contributed by atoms with Crippen LogP contribution in [0.15, 0.2) is 12.2 Å². The molecule has 0 rings (SSSR count). The van der Waals surface area contributed by atoms with Crippen molar-refractivity contribution in [3.8, 4) is 0 Å². The molecule has 42 valence electrons. The van der Waals surface area contributed by atoms with Gasteiger partial charge in [-0.15, -0.1) is 6.58 Å². The molecule has 0 aromatic heterocycles. The van der Waals surface area contributed by atoms with E-state index in [0.29, 0.717) is 6.42 Å². The molecule has 0 nitrogen and oxygen atoms in total. The summed E-state index contributed by atoms with van der Waals surface area (Å²) < 4.78 is 11.3. The van der Waals surface area contributed by atoms with E-state index in [2.05, 4.69) is 6.58 Å². The van der Waals surface area contributed by atoms with Crippen molar-refractivity contribution in [2.45, 2.75) is 19.8 Å². The lowest BCUT2D eigenvalue weighted by atomic mass is 10.2. The molecule has 0 saturated carbocycles. The topological polar surface area (TPSA) is 0 Å².